The fourth-order valence-electron chi connectivity index (χ4n) is 3.28. The Morgan fingerprint density at radius 1 is 1.12 bits per heavy atom. The van der Waals surface area contributed by atoms with Crippen LogP contribution in [0.1, 0.15) is 68.1 Å². The quantitative estimate of drug-likeness (QED) is 0.742. The van der Waals surface area contributed by atoms with Gasteiger partial charge >= 0.3 is 0 Å². The Morgan fingerprint density at radius 2 is 1.94 bits per heavy atom. The van der Waals surface area contributed by atoms with Gasteiger partial charge in [-0.3, -0.25) is 0 Å². The number of aromatic nitrogens is 2. The molecule has 2 aliphatic rings. The summed E-state index contributed by atoms with van der Waals surface area (Å²) < 4.78 is 2.17. The molecule has 0 spiro atoms. The molecular formula is C14H19N3. The smallest absolute Gasteiger partial charge is 0.143 e. The summed E-state index contributed by atoms with van der Waals surface area (Å²) in [6.07, 6.45) is 9.90. The van der Waals surface area contributed by atoms with Crippen molar-refractivity contribution in [3.8, 4) is 6.07 Å². The maximum atomic E-state index is 9.38. The van der Waals surface area contributed by atoms with E-state index in [4.69, 9.17) is 4.98 Å². The van der Waals surface area contributed by atoms with Crippen molar-refractivity contribution in [1.82, 2.24) is 9.55 Å². The first-order valence-corrected chi connectivity index (χ1v) is 6.89. The van der Waals surface area contributed by atoms with Crippen molar-refractivity contribution in [3.63, 3.8) is 0 Å². The molecule has 1 aromatic rings. The minimum atomic E-state index is 0.552. The fourth-order valence-corrected chi connectivity index (χ4v) is 3.28. The summed E-state index contributed by atoms with van der Waals surface area (Å²) in [5.41, 5.74) is 1.98. The number of rotatable bonds is 1. The monoisotopic (exact) mass is 229 g/mol. The van der Waals surface area contributed by atoms with E-state index in [0.717, 1.165) is 30.2 Å². The van der Waals surface area contributed by atoms with Gasteiger partial charge in [0.25, 0.3) is 0 Å². The van der Waals surface area contributed by atoms with E-state index in [2.05, 4.69) is 10.6 Å². The third-order valence-electron chi connectivity index (χ3n) is 4.20. The lowest BCUT2D eigenvalue weighted by atomic mass is 9.86. The van der Waals surface area contributed by atoms with E-state index >= 15 is 0 Å². The second-order valence-electron chi connectivity index (χ2n) is 5.32. The Kier molecular flexibility index (Phi) is 2.88. The van der Waals surface area contributed by atoms with E-state index < -0.39 is 0 Å². The van der Waals surface area contributed by atoms with Crippen LogP contribution < -0.4 is 0 Å². The van der Waals surface area contributed by atoms with Crippen LogP contribution in [0.4, 0.5) is 0 Å². The third kappa shape index (κ3) is 1.86. The topological polar surface area (TPSA) is 41.6 Å². The van der Waals surface area contributed by atoms with Crippen LogP contribution in [-0.4, -0.2) is 9.55 Å². The summed E-state index contributed by atoms with van der Waals surface area (Å²) in [7, 11) is 0. The number of aryl methyl sites for hydroxylation is 1. The lowest BCUT2D eigenvalue weighted by Crippen LogP contribution is -2.12. The molecule has 0 atom stereocenters. The van der Waals surface area contributed by atoms with Gasteiger partial charge in [-0.25, -0.2) is 4.98 Å². The van der Waals surface area contributed by atoms with Crippen LogP contribution in [-0.2, 0) is 13.0 Å². The molecule has 0 N–H and O–H groups in total. The molecule has 2 heterocycles. The zero-order valence-electron chi connectivity index (χ0n) is 10.3. The molecule has 0 radical (unpaired) electrons. The molecule has 0 bridgehead atoms. The molecule has 0 unspecified atom stereocenters. The third-order valence-corrected chi connectivity index (χ3v) is 4.20. The van der Waals surface area contributed by atoms with Gasteiger partial charge in [0.05, 0.1) is 5.69 Å². The van der Waals surface area contributed by atoms with E-state index in [0.29, 0.717) is 5.92 Å². The van der Waals surface area contributed by atoms with Gasteiger partial charge in [-0.1, -0.05) is 19.3 Å². The van der Waals surface area contributed by atoms with Crippen molar-refractivity contribution < 1.29 is 0 Å². The van der Waals surface area contributed by atoms with E-state index in [1.807, 2.05) is 0 Å². The lowest BCUT2D eigenvalue weighted by Gasteiger charge is -2.20. The molecule has 0 amide bonds. The highest BCUT2D eigenvalue weighted by atomic mass is 15.1. The van der Waals surface area contributed by atoms with Crippen LogP contribution in [0, 0.1) is 11.3 Å². The average Bonchev–Trinajstić information content (AvgIpc) is 2.78. The molecule has 1 saturated carbocycles. The summed E-state index contributed by atoms with van der Waals surface area (Å²) >= 11 is 0. The maximum absolute atomic E-state index is 9.38. The molecule has 1 aromatic heterocycles. The molecule has 3 rings (SSSR count). The van der Waals surface area contributed by atoms with Crippen molar-refractivity contribution >= 4 is 0 Å². The Morgan fingerprint density at radius 3 is 2.71 bits per heavy atom. The van der Waals surface area contributed by atoms with Gasteiger partial charge in [0.15, 0.2) is 0 Å². The molecule has 3 nitrogen and oxygen atoms in total. The lowest BCUT2D eigenvalue weighted by molar-refractivity contribution is 0.436. The Balaban J connectivity index is 1.98. The molecular weight excluding hydrogens is 210 g/mol. The average molecular weight is 229 g/mol. The number of nitriles is 1. The molecule has 90 valence electrons. The molecule has 1 aliphatic carbocycles. The minimum absolute atomic E-state index is 0.552. The normalized spacial score (nSPS) is 20.9. The Hall–Kier alpha value is -1.30. The highest BCUT2D eigenvalue weighted by molar-refractivity contribution is 5.33. The van der Waals surface area contributed by atoms with Crippen LogP contribution >= 0.6 is 0 Å². The van der Waals surface area contributed by atoms with Crippen molar-refractivity contribution in [3.05, 3.63) is 17.2 Å². The van der Waals surface area contributed by atoms with E-state index in [1.165, 1.54) is 44.9 Å². The summed E-state index contributed by atoms with van der Waals surface area (Å²) in [4.78, 5) is 4.79. The fraction of sp³-hybridized carbons (Fsp3) is 0.714. The zero-order chi connectivity index (χ0) is 11.7. The van der Waals surface area contributed by atoms with Crippen molar-refractivity contribution in [2.45, 2.75) is 63.8 Å². The van der Waals surface area contributed by atoms with Gasteiger partial charge in [-0.15, -0.1) is 0 Å². The summed E-state index contributed by atoms with van der Waals surface area (Å²) in [6.45, 7) is 0.998. The van der Waals surface area contributed by atoms with E-state index in [-0.39, 0.29) is 0 Å². The van der Waals surface area contributed by atoms with Crippen LogP contribution in [0.2, 0.25) is 0 Å². The van der Waals surface area contributed by atoms with Gasteiger partial charge < -0.3 is 4.57 Å². The summed E-state index contributed by atoms with van der Waals surface area (Å²) in [5.74, 6) is 1.71. The first-order chi connectivity index (χ1) is 8.40. The van der Waals surface area contributed by atoms with Gasteiger partial charge in [0.2, 0.25) is 0 Å². The van der Waals surface area contributed by atoms with E-state index in [1.54, 1.807) is 0 Å². The first-order valence-electron chi connectivity index (χ1n) is 6.89. The van der Waals surface area contributed by atoms with Gasteiger partial charge in [-0.2, -0.15) is 5.26 Å². The predicted molar refractivity (Wildman–Crippen MR) is 65.7 cm³/mol. The molecule has 0 aromatic carbocycles. The number of hydrogen-bond donors (Lipinski definition) is 0. The maximum Gasteiger partial charge on any atom is 0.143 e. The first kappa shape index (κ1) is 10.8. The van der Waals surface area contributed by atoms with Crippen LogP contribution in [0.5, 0.6) is 0 Å². The van der Waals surface area contributed by atoms with Crippen LogP contribution in [0.15, 0.2) is 0 Å². The van der Waals surface area contributed by atoms with Crippen LogP contribution in [0.25, 0.3) is 0 Å². The Bertz CT molecular complexity index is 447. The van der Waals surface area contributed by atoms with Crippen molar-refractivity contribution in [1.29, 1.82) is 5.26 Å². The largest absolute Gasteiger partial charge is 0.320 e. The van der Waals surface area contributed by atoms with Gasteiger partial charge in [0.1, 0.15) is 17.6 Å². The predicted octanol–water partition coefficient (Wildman–Crippen LogP) is 3.14. The van der Waals surface area contributed by atoms with Crippen LogP contribution in [0.3, 0.4) is 0 Å². The van der Waals surface area contributed by atoms with Gasteiger partial charge in [0, 0.05) is 18.9 Å². The number of hydrogen-bond acceptors (Lipinski definition) is 2. The van der Waals surface area contributed by atoms with Gasteiger partial charge in [-0.05, 0) is 25.7 Å². The summed E-state index contributed by atoms with van der Waals surface area (Å²) in [6, 6.07) is 2.40. The standard InChI is InChI=1S/C14H19N3/c15-10-12-14(11-6-2-1-3-7-11)16-13-8-4-5-9-17(12)13/h11H,1-9H2. The molecule has 1 fully saturated rings. The number of fused-ring (bicyclic) bond motifs is 1. The number of imidazole rings is 1. The summed E-state index contributed by atoms with van der Waals surface area (Å²) in [5, 5.41) is 9.38. The minimum Gasteiger partial charge on any atom is -0.320 e. The highest BCUT2D eigenvalue weighted by Crippen LogP contribution is 2.35. The number of nitrogens with zero attached hydrogens (tertiary/aromatic N) is 3. The van der Waals surface area contributed by atoms with Crippen molar-refractivity contribution in [2.75, 3.05) is 0 Å². The SMILES string of the molecule is N#Cc1c(C2CCCCC2)nc2n1CCCC2. The highest BCUT2D eigenvalue weighted by Gasteiger charge is 2.26. The van der Waals surface area contributed by atoms with E-state index in [9.17, 15) is 5.26 Å². The zero-order valence-corrected chi connectivity index (χ0v) is 10.3. The second kappa shape index (κ2) is 4.52. The van der Waals surface area contributed by atoms with Crippen molar-refractivity contribution in [2.24, 2.45) is 0 Å². The molecule has 3 heteroatoms. The Labute approximate surface area is 102 Å². The second-order valence-corrected chi connectivity index (χ2v) is 5.32. The molecule has 1 aliphatic heterocycles. The molecule has 0 saturated heterocycles. The molecule has 17 heavy (non-hydrogen) atoms.